The molecule has 2 fully saturated rings. The lowest BCUT2D eigenvalue weighted by atomic mass is 9.84. The van der Waals surface area contributed by atoms with Crippen molar-refractivity contribution in [3.8, 4) is 5.75 Å². The Morgan fingerprint density at radius 1 is 1.27 bits per heavy atom. The van der Waals surface area contributed by atoms with Crippen molar-refractivity contribution in [3.63, 3.8) is 0 Å². The molecule has 0 saturated carbocycles. The number of likely N-dealkylation sites (N-methyl/N-ethyl adjacent to an activating group) is 1. The molecule has 2 aromatic rings. The van der Waals surface area contributed by atoms with Crippen molar-refractivity contribution >= 4 is 16.9 Å². The Balaban J connectivity index is 1.49. The van der Waals surface area contributed by atoms with Crippen LogP contribution in [0, 0.1) is 0 Å². The molecule has 0 radical (unpaired) electrons. The number of amides is 1. The number of piperidine rings is 1. The smallest absolute Gasteiger partial charge is 0.336 e. The maximum atomic E-state index is 13.1. The number of hydrogen-bond acceptors (Lipinski definition) is 6. The number of benzene rings is 1. The maximum absolute atomic E-state index is 13.1. The fourth-order valence-electron chi connectivity index (χ4n) is 4.77. The normalized spacial score (nSPS) is 20.4. The van der Waals surface area contributed by atoms with E-state index in [0.29, 0.717) is 17.9 Å². The zero-order valence-electron chi connectivity index (χ0n) is 18.1. The Morgan fingerprint density at radius 3 is 2.77 bits per heavy atom. The van der Waals surface area contributed by atoms with Gasteiger partial charge in [0.1, 0.15) is 11.3 Å². The molecular formula is C23H31N3O4. The molecule has 2 saturated heterocycles. The first-order valence-electron chi connectivity index (χ1n) is 10.9. The third-order valence-corrected chi connectivity index (χ3v) is 6.69. The van der Waals surface area contributed by atoms with E-state index in [4.69, 9.17) is 9.15 Å². The van der Waals surface area contributed by atoms with Gasteiger partial charge in [0.05, 0.1) is 0 Å². The predicted molar refractivity (Wildman–Crippen MR) is 116 cm³/mol. The van der Waals surface area contributed by atoms with Crippen molar-refractivity contribution in [2.75, 3.05) is 39.8 Å². The number of piperazine rings is 1. The molecular weight excluding hydrogens is 382 g/mol. The molecule has 0 aliphatic carbocycles. The number of nitrogens with one attached hydrogen (secondary N) is 1. The second-order valence-electron chi connectivity index (χ2n) is 8.52. The first-order chi connectivity index (χ1) is 14.4. The molecule has 2 aliphatic heterocycles. The molecule has 2 aliphatic rings. The Morgan fingerprint density at radius 2 is 2.03 bits per heavy atom. The summed E-state index contributed by atoms with van der Waals surface area (Å²) in [7, 11) is 2.17. The molecule has 1 spiro atoms. The quantitative estimate of drug-likeness (QED) is 0.773. The van der Waals surface area contributed by atoms with Crippen molar-refractivity contribution in [2.45, 2.75) is 44.8 Å². The van der Waals surface area contributed by atoms with Crippen LogP contribution >= 0.6 is 0 Å². The molecule has 30 heavy (non-hydrogen) atoms. The first kappa shape index (κ1) is 20.9. The van der Waals surface area contributed by atoms with Gasteiger partial charge in [-0.1, -0.05) is 6.92 Å². The zero-order valence-corrected chi connectivity index (χ0v) is 18.1. The van der Waals surface area contributed by atoms with Crippen LogP contribution in [0.25, 0.3) is 11.0 Å². The lowest BCUT2D eigenvalue weighted by Gasteiger charge is -2.51. The van der Waals surface area contributed by atoms with Gasteiger partial charge in [-0.15, -0.1) is 0 Å². The number of aryl methyl sites for hydroxylation is 1. The molecule has 162 valence electrons. The standard InChI is InChI=1S/C23H31N3O4/c1-4-17-13-21(27)30-20-14-18(5-6-19(17)20)29-16(2)22(28)26-12-11-25(3)23(15-26)7-9-24-10-8-23/h5-6,13-14,16,24H,4,7-12,15H2,1-3H3. The third-order valence-electron chi connectivity index (χ3n) is 6.69. The summed E-state index contributed by atoms with van der Waals surface area (Å²) in [5, 5.41) is 4.32. The minimum absolute atomic E-state index is 0.00451. The molecule has 7 heteroatoms. The highest BCUT2D eigenvalue weighted by Crippen LogP contribution is 2.30. The van der Waals surface area contributed by atoms with Crippen molar-refractivity contribution in [1.82, 2.24) is 15.1 Å². The summed E-state index contributed by atoms with van der Waals surface area (Å²) < 4.78 is 11.3. The fourth-order valence-corrected chi connectivity index (χ4v) is 4.77. The largest absolute Gasteiger partial charge is 0.481 e. The van der Waals surface area contributed by atoms with E-state index in [2.05, 4.69) is 17.3 Å². The molecule has 1 aromatic carbocycles. The lowest BCUT2D eigenvalue weighted by Crippen LogP contribution is -2.65. The van der Waals surface area contributed by atoms with E-state index in [-0.39, 0.29) is 17.1 Å². The average molecular weight is 414 g/mol. The topological polar surface area (TPSA) is 75.0 Å². The predicted octanol–water partition coefficient (Wildman–Crippen LogP) is 2.02. The number of ether oxygens (including phenoxy) is 1. The summed E-state index contributed by atoms with van der Waals surface area (Å²) in [5.41, 5.74) is 1.12. The van der Waals surface area contributed by atoms with Gasteiger partial charge >= 0.3 is 5.63 Å². The van der Waals surface area contributed by atoms with Crippen LogP contribution in [-0.4, -0.2) is 67.1 Å². The number of nitrogens with zero attached hydrogens (tertiary/aromatic N) is 2. The molecule has 1 aromatic heterocycles. The van der Waals surface area contributed by atoms with E-state index in [1.807, 2.05) is 24.0 Å². The zero-order chi connectivity index (χ0) is 21.3. The van der Waals surface area contributed by atoms with E-state index in [1.54, 1.807) is 13.0 Å². The van der Waals surface area contributed by atoms with Crippen LogP contribution in [0.4, 0.5) is 0 Å². The Labute approximate surface area is 177 Å². The fraction of sp³-hybridized carbons (Fsp3) is 0.565. The van der Waals surface area contributed by atoms with Crippen LogP contribution in [0.3, 0.4) is 0 Å². The Bertz CT molecular complexity index is 980. The highest BCUT2D eigenvalue weighted by atomic mass is 16.5. The molecule has 1 amide bonds. The second kappa shape index (κ2) is 8.40. The summed E-state index contributed by atoms with van der Waals surface area (Å²) in [4.78, 5) is 29.3. The third kappa shape index (κ3) is 3.96. The van der Waals surface area contributed by atoms with Gasteiger partial charge in [0.25, 0.3) is 5.91 Å². The monoisotopic (exact) mass is 413 g/mol. The minimum Gasteiger partial charge on any atom is -0.481 e. The minimum atomic E-state index is -0.606. The van der Waals surface area contributed by atoms with Gasteiger partial charge in [0.2, 0.25) is 0 Å². The average Bonchev–Trinajstić information content (AvgIpc) is 2.75. The van der Waals surface area contributed by atoms with E-state index in [0.717, 1.165) is 56.4 Å². The van der Waals surface area contributed by atoms with Crippen LogP contribution in [0.1, 0.15) is 32.3 Å². The van der Waals surface area contributed by atoms with Crippen molar-refractivity contribution in [3.05, 3.63) is 40.2 Å². The second-order valence-corrected chi connectivity index (χ2v) is 8.52. The number of rotatable bonds is 4. The molecule has 3 heterocycles. The van der Waals surface area contributed by atoms with Gasteiger partial charge in [-0.25, -0.2) is 4.79 Å². The highest BCUT2D eigenvalue weighted by Gasteiger charge is 2.42. The van der Waals surface area contributed by atoms with Crippen LogP contribution in [0.2, 0.25) is 0 Å². The number of carbonyl (C=O) groups is 1. The number of carbonyl (C=O) groups excluding carboxylic acids is 1. The van der Waals surface area contributed by atoms with Crippen LogP contribution in [0.15, 0.2) is 33.5 Å². The molecule has 1 atom stereocenters. The van der Waals surface area contributed by atoms with Gasteiger partial charge in [-0.05, 0) is 64.0 Å². The van der Waals surface area contributed by atoms with E-state index in [9.17, 15) is 9.59 Å². The van der Waals surface area contributed by atoms with Gasteiger partial charge in [0.15, 0.2) is 6.10 Å². The molecule has 1 N–H and O–H groups in total. The van der Waals surface area contributed by atoms with Crippen molar-refractivity contribution < 1.29 is 13.9 Å². The SMILES string of the molecule is CCc1cc(=O)oc2cc(OC(C)C(=O)N3CCN(C)C4(CCNCC4)C3)ccc12. The lowest BCUT2D eigenvalue weighted by molar-refractivity contribution is -0.144. The van der Waals surface area contributed by atoms with E-state index in [1.165, 1.54) is 6.07 Å². The van der Waals surface area contributed by atoms with Crippen LogP contribution in [0.5, 0.6) is 5.75 Å². The summed E-state index contributed by atoms with van der Waals surface area (Å²) in [5.74, 6) is 0.537. The summed E-state index contributed by atoms with van der Waals surface area (Å²) >= 11 is 0. The molecule has 0 bridgehead atoms. The highest BCUT2D eigenvalue weighted by molar-refractivity contribution is 5.83. The first-order valence-corrected chi connectivity index (χ1v) is 10.9. The summed E-state index contributed by atoms with van der Waals surface area (Å²) in [6, 6.07) is 6.96. The van der Waals surface area contributed by atoms with Crippen LogP contribution < -0.4 is 15.7 Å². The van der Waals surface area contributed by atoms with Gasteiger partial charge in [0, 0.05) is 42.7 Å². The molecule has 7 nitrogen and oxygen atoms in total. The molecule has 4 rings (SSSR count). The van der Waals surface area contributed by atoms with Gasteiger partial charge < -0.3 is 19.4 Å². The van der Waals surface area contributed by atoms with Gasteiger partial charge in [-0.2, -0.15) is 0 Å². The van der Waals surface area contributed by atoms with E-state index >= 15 is 0 Å². The van der Waals surface area contributed by atoms with Gasteiger partial charge in [-0.3, -0.25) is 9.69 Å². The van der Waals surface area contributed by atoms with E-state index < -0.39 is 6.10 Å². The summed E-state index contributed by atoms with van der Waals surface area (Å²) in [6.45, 7) is 8.10. The maximum Gasteiger partial charge on any atom is 0.336 e. The van der Waals surface area contributed by atoms with Crippen molar-refractivity contribution in [2.24, 2.45) is 0 Å². The summed E-state index contributed by atoms with van der Waals surface area (Å²) in [6.07, 6.45) is 2.24. The number of fused-ring (bicyclic) bond motifs is 1. The Hall–Kier alpha value is -2.38. The van der Waals surface area contributed by atoms with Crippen molar-refractivity contribution in [1.29, 1.82) is 0 Å². The molecule has 1 unspecified atom stereocenters. The number of hydrogen-bond donors (Lipinski definition) is 1. The Kier molecular flexibility index (Phi) is 5.84. The van der Waals surface area contributed by atoms with Crippen LogP contribution in [-0.2, 0) is 11.2 Å².